The third-order valence-electron chi connectivity index (χ3n) is 4.48. The quantitative estimate of drug-likeness (QED) is 0.482. The van der Waals surface area contributed by atoms with Crippen molar-refractivity contribution in [1.29, 1.82) is 0 Å². The highest BCUT2D eigenvalue weighted by molar-refractivity contribution is 7.80. The molecule has 0 aliphatic heterocycles. The van der Waals surface area contributed by atoms with Gasteiger partial charge in [-0.25, -0.2) is 4.98 Å². The summed E-state index contributed by atoms with van der Waals surface area (Å²) in [6, 6.07) is 17.5. The summed E-state index contributed by atoms with van der Waals surface area (Å²) in [6.45, 7) is 0. The lowest BCUT2D eigenvalue weighted by atomic mass is 10.1. The molecule has 6 heteroatoms. The number of nitrogens with one attached hydrogen (secondary N) is 3. The molecular weight excluding hydrogens is 344 g/mol. The molecule has 1 amide bonds. The second-order valence-corrected chi connectivity index (χ2v) is 6.67. The number of para-hydroxylation sites is 1. The number of thiocarbonyl (C=S) groups is 1. The number of amides is 1. The Balaban J connectivity index is 1.36. The predicted octanol–water partition coefficient (Wildman–Crippen LogP) is 3.35. The molecule has 4 rings (SSSR count). The maximum atomic E-state index is 12.3. The third kappa shape index (κ3) is 3.50. The van der Waals surface area contributed by atoms with E-state index in [0.717, 1.165) is 29.4 Å². The number of aromatic nitrogens is 1. The number of aryl methyl sites for hydroxylation is 2. The lowest BCUT2D eigenvalue weighted by Gasteiger charge is -2.12. The van der Waals surface area contributed by atoms with E-state index in [9.17, 15) is 4.79 Å². The molecule has 0 radical (unpaired) electrons. The van der Waals surface area contributed by atoms with E-state index in [4.69, 9.17) is 12.2 Å². The molecule has 1 aromatic heterocycles. The van der Waals surface area contributed by atoms with Crippen LogP contribution in [0.3, 0.4) is 0 Å². The van der Waals surface area contributed by atoms with E-state index in [1.54, 1.807) is 6.07 Å². The van der Waals surface area contributed by atoms with Gasteiger partial charge in [0.1, 0.15) is 5.69 Å². The van der Waals surface area contributed by atoms with Gasteiger partial charge in [-0.1, -0.05) is 30.3 Å². The van der Waals surface area contributed by atoms with Gasteiger partial charge in [-0.3, -0.25) is 15.6 Å². The molecule has 0 spiro atoms. The van der Waals surface area contributed by atoms with Crippen molar-refractivity contribution in [3.63, 3.8) is 0 Å². The van der Waals surface area contributed by atoms with Crippen molar-refractivity contribution in [1.82, 2.24) is 15.8 Å². The minimum Gasteiger partial charge on any atom is -0.331 e. The van der Waals surface area contributed by atoms with Crippen LogP contribution >= 0.6 is 12.2 Å². The summed E-state index contributed by atoms with van der Waals surface area (Å²) in [5.41, 5.74) is 10.1. The van der Waals surface area contributed by atoms with Gasteiger partial charge in [-0.05, 0) is 66.9 Å². The molecule has 3 N–H and O–H groups in total. The zero-order valence-corrected chi connectivity index (χ0v) is 14.9. The van der Waals surface area contributed by atoms with Crippen LogP contribution in [0.1, 0.15) is 28.0 Å². The Kier molecular flexibility index (Phi) is 4.50. The summed E-state index contributed by atoms with van der Waals surface area (Å²) >= 11 is 5.25. The number of carbonyl (C=O) groups excluding carboxylic acids is 1. The number of pyridine rings is 1. The Hall–Kier alpha value is -2.99. The van der Waals surface area contributed by atoms with Crippen molar-refractivity contribution in [2.75, 3.05) is 5.32 Å². The third-order valence-corrected chi connectivity index (χ3v) is 4.68. The lowest BCUT2D eigenvalue weighted by molar-refractivity contribution is 0.0939. The molecule has 0 saturated carbocycles. The van der Waals surface area contributed by atoms with Crippen LogP contribution in [0.2, 0.25) is 0 Å². The van der Waals surface area contributed by atoms with Gasteiger partial charge >= 0.3 is 0 Å². The van der Waals surface area contributed by atoms with E-state index in [1.165, 1.54) is 17.5 Å². The van der Waals surface area contributed by atoms with Crippen molar-refractivity contribution in [3.05, 3.63) is 71.4 Å². The normalized spacial score (nSPS) is 12.5. The first-order valence-electron chi connectivity index (χ1n) is 8.54. The van der Waals surface area contributed by atoms with Crippen molar-refractivity contribution in [2.45, 2.75) is 19.3 Å². The molecule has 2 aromatic carbocycles. The zero-order chi connectivity index (χ0) is 17.9. The fraction of sp³-hybridized carbons (Fsp3) is 0.150. The largest absolute Gasteiger partial charge is 0.331 e. The van der Waals surface area contributed by atoms with Gasteiger partial charge in [0, 0.05) is 11.1 Å². The average molecular weight is 362 g/mol. The maximum Gasteiger partial charge on any atom is 0.288 e. The van der Waals surface area contributed by atoms with E-state index in [1.807, 2.05) is 36.4 Å². The number of carbonyl (C=O) groups is 1. The zero-order valence-electron chi connectivity index (χ0n) is 14.1. The molecule has 0 fully saturated rings. The fourth-order valence-corrected chi connectivity index (χ4v) is 3.35. The average Bonchev–Trinajstić information content (AvgIpc) is 3.13. The fourth-order valence-electron chi connectivity index (χ4n) is 3.18. The van der Waals surface area contributed by atoms with Crippen LogP contribution in [0.25, 0.3) is 10.9 Å². The van der Waals surface area contributed by atoms with Gasteiger partial charge in [0.25, 0.3) is 5.91 Å². The number of benzene rings is 2. The Labute approximate surface area is 156 Å². The summed E-state index contributed by atoms with van der Waals surface area (Å²) in [4.78, 5) is 16.6. The first kappa shape index (κ1) is 16.5. The highest BCUT2D eigenvalue weighted by Gasteiger charge is 2.12. The monoisotopic (exact) mass is 362 g/mol. The first-order chi connectivity index (χ1) is 12.7. The van der Waals surface area contributed by atoms with Crippen LogP contribution in [0, 0.1) is 0 Å². The van der Waals surface area contributed by atoms with Crippen molar-refractivity contribution >= 4 is 39.8 Å². The van der Waals surface area contributed by atoms with E-state index < -0.39 is 0 Å². The van der Waals surface area contributed by atoms with Crippen molar-refractivity contribution < 1.29 is 4.79 Å². The first-order valence-corrected chi connectivity index (χ1v) is 8.95. The molecule has 1 aliphatic rings. The van der Waals surface area contributed by atoms with Crippen LogP contribution in [0.5, 0.6) is 0 Å². The molecule has 1 aliphatic carbocycles. The summed E-state index contributed by atoms with van der Waals surface area (Å²) in [5, 5.41) is 4.42. The highest BCUT2D eigenvalue weighted by Crippen LogP contribution is 2.24. The van der Waals surface area contributed by atoms with Crippen molar-refractivity contribution in [2.24, 2.45) is 0 Å². The van der Waals surface area contributed by atoms with Gasteiger partial charge < -0.3 is 5.32 Å². The van der Waals surface area contributed by atoms with Gasteiger partial charge in [-0.15, -0.1) is 0 Å². The van der Waals surface area contributed by atoms with E-state index in [2.05, 4.69) is 33.3 Å². The molecule has 0 bridgehead atoms. The number of hydrogen-bond acceptors (Lipinski definition) is 3. The molecule has 3 aromatic rings. The van der Waals surface area contributed by atoms with Crippen LogP contribution < -0.4 is 16.2 Å². The molecule has 5 nitrogen and oxygen atoms in total. The van der Waals surface area contributed by atoms with Crippen LogP contribution in [0.4, 0.5) is 5.69 Å². The number of anilines is 1. The molecule has 130 valence electrons. The second-order valence-electron chi connectivity index (χ2n) is 6.26. The molecule has 0 saturated heterocycles. The molecule has 0 unspecified atom stereocenters. The molecule has 0 atom stereocenters. The standard InChI is InChI=1S/C20H18N4OS/c25-19(18-11-9-14-4-1-2-7-17(14)22-18)23-24-20(26)21-16-10-8-13-5-3-6-15(13)12-16/h1-2,4,7-12H,3,5-6H2,(H,23,25)(H2,21,24,26). The predicted molar refractivity (Wildman–Crippen MR) is 107 cm³/mol. The van der Waals surface area contributed by atoms with E-state index in [0.29, 0.717) is 10.8 Å². The summed E-state index contributed by atoms with van der Waals surface area (Å²) in [5.74, 6) is -0.339. The number of hydrogen-bond donors (Lipinski definition) is 3. The van der Waals surface area contributed by atoms with E-state index in [-0.39, 0.29) is 5.91 Å². The van der Waals surface area contributed by atoms with Crippen LogP contribution in [-0.4, -0.2) is 16.0 Å². The number of hydrazine groups is 1. The highest BCUT2D eigenvalue weighted by atomic mass is 32.1. The minimum absolute atomic E-state index is 0.330. The van der Waals surface area contributed by atoms with Gasteiger partial charge in [0.15, 0.2) is 5.11 Å². The van der Waals surface area contributed by atoms with Crippen molar-refractivity contribution in [3.8, 4) is 0 Å². The number of rotatable bonds is 2. The van der Waals surface area contributed by atoms with E-state index >= 15 is 0 Å². The molecular formula is C20H18N4OS. The Morgan fingerprint density at radius 3 is 2.73 bits per heavy atom. The summed E-state index contributed by atoms with van der Waals surface area (Å²) < 4.78 is 0. The number of nitrogens with zero attached hydrogens (tertiary/aromatic N) is 1. The Bertz CT molecular complexity index is 1000. The summed E-state index contributed by atoms with van der Waals surface area (Å²) in [6.07, 6.45) is 3.46. The van der Waals surface area contributed by atoms with Crippen LogP contribution in [0.15, 0.2) is 54.6 Å². The van der Waals surface area contributed by atoms with Crippen LogP contribution in [-0.2, 0) is 12.8 Å². The second kappa shape index (κ2) is 7.09. The Morgan fingerprint density at radius 2 is 1.81 bits per heavy atom. The smallest absolute Gasteiger partial charge is 0.288 e. The van der Waals surface area contributed by atoms with Gasteiger partial charge in [0.2, 0.25) is 0 Å². The molecule has 1 heterocycles. The minimum atomic E-state index is -0.339. The Morgan fingerprint density at radius 1 is 0.962 bits per heavy atom. The topological polar surface area (TPSA) is 66.1 Å². The lowest BCUT2D eigenvalue weighted by Crippen LogP contribution is -2.44. The van der Waals surface area contributed by atoms with Gasteiger partial charge in [-0.2, -0.15) is 0 Å². The maximum absolute atomic E-state index is 12.3. The van der Waals surface area contributed by atoms with Gasteiger partial charge in [0.05, 0.1) is 5.52 Å². The molecule has 26 heavy (non-hydrogen) atoms. The number of fused-ring (bicyclic) bond motifs is 2. The summed E-state index contributed by atoms with van der Waals surface area (Å²) in [7, 11) is 0. The SMILES string of the molecule is O=C(NNC(=S)Nc1ccc2c(c1)CCC2)c1ccc2ccccc2n1.